The standard InChI is InChI=1S/C14H14ClNO3/c1-16(7-8-17)14(18)13-6-5-12(19-13)10-3-2-4-11(15)9-10/h2-6,9,17H,7-8H2,1H3. The van der Waals surface area contributed by atoms with Gasteiger partial charge in [-0.1, -0.05) is 23.7 Å². The lowest BCUT2D eigenvalue weighted by atomic mass is 10.2. The van der Waals surface area contributed by atoms with Crippen molar-refractivity contribution in [3.05, 3.63) is 47.2 Å². The molecule has 0 aliphatic heterocycles. The fourth-order valence-electron chi connectivity index (χ4n) is 1.69. The molecular formula is C14H14ClNO3. The number of halogens is 1. The van der Waals surface area contributed by atoms with Crippen molar-refractivity contribution in [1.29, 1.82) is 0 Å². The smallest absolute Gasteiger partial charge is 0.289 e. The van der Waals surface area contributed by atoms with Crippen molar-refractivity contribution in [3.63, 3.8) is 0 Å². The second kappa shape index (κ2) is 5.91. The van der Waals surface area contributed by atoms with Gasteiger partial charge in [0.2, 0.25) is 0 Å². The molecule has 0 aliphatic rings. The molecule has 1 aromatic carbocycles. The van der Waals surface area contributed by atoms with Gasteiger partial charge >= 0.3 is 0 Å². The van der Waals surface area contributed by atoms with Crippen LogP contribution in [0.25, 0.3) is 11.3 Å². The van der Waals surface area contributed by atoms with Gasteiger partial charge in [-0.15, -0.1) is 0 Å². The van der Waals surface area contributed by atoms with Crippen LogP contribution in [0.15, 0.2) is 40.8 Å². The zero-order valence-corrected chi connectivity index (χ0v) is 11.2. The number of nitrogens with zero attached hydrogens (tertiary/aromatic N) is 1. The van der Waals surface area contributed by atoms with Crippen molar-refractivity contribution in [3.8, 4) is 11.3 Å². The van der Waals surface area contributed by atoms with Gasteiger partial charge in [-0.3, -0.25) is 4.79 Å². The van der Waals surface area contributed by atoms with Gasteiger partial charge in [0, 0.05) is 24.2 Å². The molecule has 0 saturated heterocycles. The van der Waals surface area contributed by atoms with E-state index in [4.69, 9.17) is 21.1 Å². The number of hydrogen-bond donors (Lipinski definition) is 1. The van der Waals surface area contributed by atoms with Crippen LogP contribution in [-0.2, 0) is 0 Å². The zero-order valence-electron chi connectivity index (χ0n) is 10.5. The molecule has 0 fully saturated rings. The minimum atomic E-state index is -0.262. The summed E-state index contributed by atoms with van der Waals surface area (Å²) in [5.74, 6) is 0.566. The Bertz CT molecular complexity index is 580. The molecule has 19 heavy (non-hydrogen) atoms. The molecule has 4 nitrogen and oxygen atoms in total. The number of carbonyl (C=O) groups excluding carboxylic acids is 1. The van der Waals surface area contributed by atoms with Gasteiger partial charge in [0.25, 0.3) is 5.91 Å². The summed E-state index contributed by atoms with van der Waals surface area (Å²) in [5.41, 5.74) is 0.816. The van der Waals surface area contributed by atoms with Gasteiger partial charge in [0.05, 0.1) is 6.61 Å². The van der Waals surface area contributed by atoms with E-state index in [1.165, 1.54) is 4.90 Å². The molecule has 5 heteroatoms. The summed E-state index contributed by atoms with van der Waals surface area (Å²) in [5, 5.41) is 9.42. The lowest BCUT2D eigenvalue weighted by molar-refractivity contribution is 0.0736. The predicted molar refractivity (Wildman–Crippen MR) is 73.2 cm³/mol. The van der Waals surface area contributed by atoms with Crippen molar-refractivity contribution < 1.29 is 14.3 Å². The van der Waals surface area contributed by atoms with Crippen LogP contribution in [-0.4, -0.2) is 36.1 Å². The number of amides is 1. The van der Waals surface area contributed by atoms with Gasteiger partial charge in [-0.2, -0.15) is 0 Å². The summed E-state index contributed by atoms with van der Waals surface area (Å²) in [6.07, 6.45) is 0. The molecule has 0 saturated carbocycles. The predicted octanol–water partition coefficient (Wildman–Crippen LogP) is 2.66. The van der Waals surface area contributed by atoms with Crippen LogP contribution < -0.4 is 0 Å². The highest BCUT2D eigenvalue weighted by Gasteiger charge is 2.16. The number of likely N-dealkylation sites (N-methyl/N-ethyl adjacent to an activating group) is 1. The molecule has 0 aliphatic carbocycles. The lowest BCUT2D eigenvalue weighted by Gasteiger charge is -2.13. The summed E-state index contributed by atoms with van der Waals surface area (Å²) < 4.78 is 5.52. The van der Waals surface area contributed by atoms with E-state index < -0.39 is 0 Å². The second-order valence-electron chi connectivity index (χ2n) is 4.12. The summed E-state index contributed by atoms with van der Waals surface area (Å²) in [7, 11) is 1.61. The number of carbonyl (C=O) groups is 1. The zero-order chi connectivity index (χ0) is 13.8. The average Bonchev–Trinajstić information content (AvgIpc) is 2.87. The highest BCUT2D eigenvalue weighted by molar-refractivity contribution is 6.30. The quantitative estimate of drug-likeness (QED) is 0.936. The van der Waals surface area contributed by atoms with Crippen molar-refractivity contribution in [2.75, 3.05) is 20.2 Å². The Morgan fingerprint density at radius 2 is 2.16 bits per heavy atom. The van der Waals surface area contributed by atoms with E-state index in [1.807, 2.05) is 12.1 Å². The van der Waals surface area contributed by atoms with Gasteiger partial charge in [-0.25, -0.2) is 0 Å². The van der Waals surface area contributed by atoms with E-state index in [-0.39, 0.29) is 24.8 Å². The second-order valence-corrected chi connectivity index (χ2v) is 4.56. The van der Waals surface area contributed by atoms with E-state index in [9.17, 15) is 4.79 Å². The van der Waals surface area contributed by atoms with Crippen LogP contribution in [0.2, 0.25) is 5.02 Å². The van der Waals surface area contributed by atoms with Crippen molar-refractivity contribution in [2.45, 2.75) is 0 Å². The number of benzene rings is 1. The monoisotopic (exact) mass is 279 g/mol. The fraction of sp³-hybridized carbons (Fsp3) is 0.214. The molecule has 0 unspecified atom stereocenters. The Morgan fingerprint density at radius 3 is 2.84 bits per heavy atom. The summed E-state index contributed by atoms with van der Waals surface area (Å²) in [6, 6.07) is 10.6. The molecule has 2 rings (SSSR count). The number of hydrogen-bond acceptors (Lipinski definition) is 3. The number of aliphatic hydroxyl groups is 1. The highest BCUT2D eigenvalue weighted by atomic mass is 35.5. The molecule has 2 aromatic rings. The highest BCUT2D eigenvalue weighted by Crippen LogP contribution is 2.25. The molecule has 1 heterocycles. The Balaban J connectivity index is 2.22. The van der Waals surface area contributed by atoms with E-state index in [0.717, 1.165) is 5.56 Å². The Morgan fingerprint density at radius 1 is 1.37 bits per heavy atom. The number of furan rings is 1. The van der Waals surface area contributed by atoms with Gasteiger partial charge in [0.1, 0.15) is 5.76 Å². The molecule has 1 amide bonds. The maximum atomic E-state index is 11.9. The largest absolute Gasteiger partial charge is 0.451 e. The Labute approximate surface area is 116 Å². The summed E-state index contributed by atoms with van der Waals surface area (Å²) in [6.45, 7) is 0.191. The van der Waals surface area contributed by atoms with E-state index >= 15 is 0 Å². The van der Waals surface area contributed by atoms with Crippen LogP contribution in [0.5, 0.6) is 0 Å². The minimum absolute atomic E-state index is 0.0793. The first-order valence-corrected chi connectivity index (χ1v) is 6.21. The molecule has 1 aromatic heterocycles. The third-order valence-corrected chi connectivity index (χ3v) is 2.94. The first kappa shape index (κ1) is 13.6. The van der Waals surface area contributed by atoms with E-state index in [0.29, 0.717) is 10.8 Å². The summed E-state index contributed by atoms with van der Waals surface area (Å²) in [4.78, 5) is 13.3. The molecule has 0 atom stereocenters. The van der Waals surface area contributed by atoms with Gasteiger partial charge < -0.3 is 14.4 Å². The van der Waals surface area contributed by atoms with Crippen LogP contribution in [0, 0.1) is 0 Å². The van der Waals surface area contributed by atoms with Crippen molar-refractivity contribution in [1.82, 2.24) is 4.90 Å². The maximum Gasteiger partial charge on any atom is 0.289 e. The molecule has 100 valence electrons. The van der Waals surface area contributed by atoms with E-state index in [1.54, 1.807) is 31.3 Å². The minimum Gasteiger partial charge on any atom is -0.451 e. The lowest BCUT2D eigenvalue weighted by Crippen LogP contribution is -2.29. The maximum absolute atomic E-state index is 11.9. The number of aliphatic hydroxyl groups excluding tert-OH is 1. The van der Waals surface area contributed by atoms with Crippen molar-refractivity contribution in [2.24, 2.45) is 0 Å². The van der Waals surface area contributed by atoms with Crippen LogP contribution in [0.3, 0.4) is 0 Å². The molecule has 0 bridgehead atoms. The molecule has 0 radical (unpaired) electrons. The molecule has 1 N–H and O–H groups in total. The fourth-order valence-corrected chi connectivity index (χ4v) is 1.88. The van der Waals surface area contributed by atoms with Crippen LogP contribution in [0.4, 0.5) is 0 Å². The third kappa shape index (κ3) is 3.16. The average molecular weight is 280 g/mol. The normalized spacial score (nSPS) is 10.5. The summed E-state index contributed by atoms with van der Waals surface area (Å²) >= 11 is 5.91. The van der Waals surface area contributed by atoms with Gasteiger partial charge in [0.15, 0.2) is 5.76 Å². The number of rotatable bonds is 4. The topological polar surface area (TPSA) is 53.7 Å². The van der Waals surface area contributed by atoms with E-state index in [2.05, 4.69) is 0 Å². The molecule has 0 spiro atoms. The SMILES string of the molecule is CN(CCO)C(=O)c1ccc(-c2cccc(Cl)c2)o1. The van der Waals surface area contributed by atoms with Crippen LogP contribution in [0.1, 0.15) is 10.6 Å². The Kier molecular flexibility index (Phi) is 4.24. The Hall–Kier alpha value is -1.78. The van der Waals surface area contributed by atoms with Gasteiger partial charge in [-0.05, 0) is 24.3 Å². The molecular weight excluding hydrogens is 266 g/mol. The van der Waals surface area contributed by atoms with Crippen LogP contribution >= 0.6 is 11.6 Å². The first-order valence-electron chi connectivity index (χ1n) is 5.84. The first-order chi connectivity index (χ1) is 9.11. The third-order valence-electron chi connectivity index (χ3n) is 2.71. The van der Waals surface area contributed by atoms with Crippen molar-refractivity contribution >= 4 is 17.5 Å².